The number of hydrogen-bond acceptors (Lipinski definition) is 3. The molecule has 0 heterocycles. The molecule has 0 spiro atoms. The molecule has 0 saturated carbocycles. The van der Waals surface area contributed by atoms with E-state index in [1.54, 1.807) is 7.05 Å². The van der Waals surface area contributed by atoms with Crippen LogP contribution in [0.4, 0.5) is 8.78 Å². The molecule has 3 nitrogen and oxygen atoms in total. The van der Waals surface area contributed by atoms with Crippen LogP contribution in [0.25, 0.3) is 0 Å². The first-order chi connectivity index (χ1) is 8.13. The second-order valence-electron chi connectivity index (χ2n) is 3.66. The number of rotatable bonds is 6. The molecular weight excluding hydrogens is 226 g/mol. The van der Waals surface area contributed by atoms with Crippen LogP contribution in [0.2, 0.25) is 0 Å². The van der Waals surface area contributed by atoms with E-state index in [4.69, 9.17) is 4.74 Å². The highest BCUT2D eigenvalue weighted by atomic mass is 19.1. The molecule has 2 N–H and O–H groups in total. The van der Waals surface area contributed by atoms with E-state index in [0.717, 1.165) is 12.6 Å². The Morgan fingerprint density at radius 2 is 2.00 bits per heavy atom. The summed E-state index contributed by atoms with van der Waals surface area (Å²) in [6.45, 7) is 3.27. The Morgan fingerprint density at radius 1 is 1.29 bits per heavy atom. The quantitative estimate of drug-likeness (QED) is 0.801. The zero-order valence-electron chi connectivity index (χ0n) is 10.3. The van der Waals surface area contributed by atoms with E-state index < -0.39 is 11.6 Å². The lowest BCUT2D eigenvalue weighted by atomic mass is 10.1. The van der Waals surface area contributed by atoms with Crippen molar-refractivity contribution in [1.82, 2.24) is 10.6 Å². The van der Waals surface area contributed by atoms with Gasteiger partial charge in [0.2, 0.25) is 0 Å². The highest BCUT2D eigenvalue weighted by Gasteiger charge is 2.17. The molecule has 0 fully saturated rings. The minimum atomic E-state index is -0.555. The number of benzene rings is 1. The summed E-state index contributed by atoms with van der Waals surface area (Å²) in [7, 11) is 3.02. The molecule has 1 unspecified atom stereocenters. The molecule has 0 aliphatic rings. The predicted octanol–water partition coefficient (Wildman–Crippen LogP) is 1.84. The average Bonchev–Trinajstić information content (AvgIpc) is 2.33. The van der Waals surface area contributed by atoms with Gasteiger partial charge in [-0.1, -0.05) is 6.92 Å². The number of halogens is 2. The molecule has 96 valence electrons. The number of nitrogens with one attached hydrogen (secondary N) is 2. The summed E-state index contributed by atoms with van der Waals surface area (Å²) in [5, 5.41) is 6.04. The maximum Gasteiger partial charge on any atom is 0.165 e. The molecule has 1 atom stereocenters. The third-order valence-corrected chi connectivity index (χ3v) is 2.59. The summed E-state index contributed by atoms with van der Waals surface area (Å²) >= 11 is 0. The van der Waals surface area contributed by atoms with Crippen LogP contribution in [0.5, 0.6) is 5.75 Å². The Morgan fingerprint density at radius 3 is 2.53 bits per heavy atom. The third kappa shape index (κ3) is 3.38. The Balaban J connectivity index is 2.99. The molecule has 0 amide bonds. The van der Waals surface area contributed by atoms with Crippen molar-refractivity contribution in [2.75, 3.05) is 27.2 Å². The van der Waals surface area contributed by atoms with Crippen molar-refractivity contribution >= 4 is 0 Å². The van der Waals surface area contributed by atoms with E-state index >= 15 is 0 Å². The van der Waals surface area contributed by atoms with Crippen molar-refractivity contribution in [2.45, 2.75) is 13.0 Å². The fourth-order valence-corrected chi connectivity index (χ4v) is 1.62. The molecule has 0 aromatic heterocycles. The maximum atomic E-state index is 13.8. The number of ether oxygens (including phenoxy) is 1. The summed E-state index contributed by atoms with van der Waals surface area (Å²) in [5.74, 6) is -1.11. The van der Waals surface area contributed by atoms with E-state index in [1.807, 2.05) is 6.92 Å². The minimum Gasteiger partial charge on any atom is -0.494 e. The van der Waals surface area contributed by atoms with Crippen molar-refractivity contribution in [3.63, 3.8) is 0 Å². The van der Waals surface area contributed by atoms with Gasteiger partial charge >= 0.3 is 0 Å². The zero-order valence-corrected chi connectivity index (χ0v) is 10.3. The molecule has 1 rings (SSSR count). The fourth-order valence-electron chi connectivity index (χ4n) is 1.62. The van der Waals surface area contributed by atoms with Gasteiger partial charge in [0.15, 0.2) is 11.6 Å². The normalized spacial score (nSPS) is 12.5. The van der Waals surface area contributed by atoms with Crippen molar-refractivity contribution < 1.29 is 13.5 Å². The van der Waals surface area contributed by atoms with E-state index in [-0.39, 0.29) is 11.8 Å². The van der Waals surface area contributed by atoms with Crippen molar-refractivity contribution in [3.05, 3.63) is 29.3 Å². The number of methoxy groups -OCH3 is 1. The lowest BCUT2D eigenvalue weighted by molar-refractivity contribution is 0.380. The summed E-state index contributed by atoms with van der Waals surface area (Å²) in [5.41, 5.74) is 0.298. The molecule has 0 aliphatic carbocycles. The Labute approximate surface area is 100 Å². The monoisotopic (exact) mass is 244 g/mol. The Hall–Kier alpha value is -1.20. The third-order valence-electron chi connectivity index (χ3n) is 2.59. The molecular formula is C12H18F2N2O. The molecule has 5 heteroatoms. The molecule has 0 aliphatic heterocycles. The minimum absolute atomic E-state index is 0.0791. The summed E-state index contributed by atoms with van der Waals surface area (Å²) in [4.78, 5) is 0. The summed E-state index contributed by atoms with van der Waals surface area (Å²) < 4.78 is 32.0. The van der Waals surface area contributed by atoms with Gasteiger partial charge in [0, 0.05) is 24.2 Å². The molecule has 0 radical (unpaired) electrons. The average molecular weight is 244 g/mol. The van der Waals surface area contributed by atoms with E-state index in [1.165, 1.54) is 13.2 Å². The van der Waals surface area contributed by atoms with E-state index in [0.29, 0.717) is 12.1 Å². The first-order valence-electron chi connectivity index (χ1n) is 5.54. The maximum absolute atomic E-state index is 13.8. The fraction of sp³-hybridized carbons (Fsp3) is 0.500. The lowest BCUT2D eigenvalue weighted by Gasteiger charge is -2.18. The summed E-state index contributed by atoms with van der Waals surface area (Å²) in [6, 6.07) is 1.98. The number of hydrogen-bond donors (Lipinski definition) is 2. The van der Waals surface area contributed by atoms with Crippen LogP contribution < -0.4 is 15.4 Å². The van der Waals surface area contributed by atoms with Gasteiger partial charge in [0.25, 0.3) is 0 Å². The van der Waals surface area contributed by atoms with Crippen LogP contribution in [-0.2, 0) is 0 Å². The van der Waals surface area contributed by atoms with Gasteiger partial charge in [-0.05, 0) is 19.7 Å². The SMILES string of the molecule is CCNCC(NC)c1cc(F)c(OC)cc1F. The molecule has 1 aromatic carbocycles. The molecule has 17 heavy (non-hydrogen) atoms. The lowest BCUT2D eigenvalue weighted by Crippen LogP contribution is -2.30. The molecule has 1 aromatic rings. The highest BCUT2D eigenvalue weighted by Crippen LogP contribution is 2.25. The Bertz CT molecular complexity index is 372. The van der Waals surface area contributed by atoms with Gasteiger partial charge < -0.3 is 15.4 Å². The van der Waals surface area contributed by atoms with Gasteiger partial charge in [0.1, 0.15) is 5.82 Å². The van der Waals surface area contributed by atoms with Crippen molar-refractivity contribution in [3.8, 4) is 5.75 Å². The second-order valence-corrected chi connectivity index (χ2v) is 3.66. The Kier molecular flexibility index (Phi) is 5.31. The van der Waals surface area contributed by atoms with Crippen LogP contribution >= 0.6 is 0 Å². The van der Waals surface area contributed by atoms with Gasteiger partial charge in [-0.3, -0.25) is 0 Å². The van der Waals surface area contributed by atoms with Crippen LogP contribution in [-0.4, -0.2) is 27.2 Å². The van der Waals surface area contributed by atoms with Crippen LogP contribution in [0.15, 0.2) is 12.1 Å². The van der Waals surface area contributed by atoms with Crippen LogP contribution in [0.1, 0.15) is 18.5 Å². The second kappa shape index (κ2) is 6.51. The highest BCUT2D eigenvalue weighted by molar-refractivity contribution is 5.32. The van der Waals surface area contributed by atoms with Crippen LogP contribution in [0.3, 0.4) is 0 Å². The molecule has 0 bridgehead atoms. The largest absolute Gasteiger partial charge is 0.494 e. The number of likely N-dealkylation sites (N-methyl/N-ethyl adjacent to an activating group) is 2. The topological polar surface area (TPSA) is 33.3 Å². The van der Waals surface area contributed by atoms with Crippen LogP contribution in [0, 0.1) is 11.6 Å². The predicted molar refractivity (Wildman–Crippen MR) is 63.3 cm³/mol. The van der Waals surface area contributed by atoms with E-state index in [9.17, 15) is 8.78 Å². The van der Waals surface area contributed by atoms with Gasteiger partial charge in [-0.2, -0.15) is 0 Å². The van der Waals surface area contributed by atoms with E-state index in [2.05, 4.69) is 10.6 Å². The molecule has 0 saturated heterocycles. The smallest absolute Gasteiger partial charge is 0.165 e. The first-order valence-corrected chi connectivity index (χ1v) is 5.54. The van der Waals surface area contributed by atoms with Gasteiger partial charge in [-0.25, -0.2) is 8.78 Å². The first kappa shape index (κ1) is 13.9. The van der Waals surface area contributed by atoms with Gasteiger partial charge in [0.05, 0.1) is 7.11 Å². The van der Waals surface area contributed by atoms with Crippen molar-refractivity contribution in [2.24, 2.45) is 0 Å². The van der Waals surface area contributed by atoms with Gasteiger partial charge in [-0.15, -0.1) is 0 Å². The summed E-state index contributed by atoms with van der Waals surface area (Å²) in [6.07, 6.45) is 0. The van der Waals surface area contributed by atoms with Crippen molar-refractivity contribution in [1.29, 1.82) is 0 Å². The standard InChI is InChI=1S/C12H18F2N2O/c1-4-16-7-11(15-2)8-5-10(14)12(17-3)6-9(8)13/h5-6,11,15-16H,4,7H2,1-3H3. The zero-order chi connectivity index (χ0) is 12.8.